The number of nitrogens with zero attached hydrogens (tertiary/aromatic N) is 4. The second-order valence-electron chi connectivity index (χ2n) is 9.72. The first kappa shape index (κ1) is 21.0. The summed E-state index contributed by atoms with van der Waals surface area (Å²) >= 11 is 0. The van der Waals surface area contributed by atoms with Crippen LogP contribution in [-0.4, -0.2) is 8.32 Å². The Morgan fingerprint density at radius 2 is 1.52 bits per heavy atom. The molecular weight excluding hydrogens is 352 g/mol. The average molecular weight is 381 g/mol. The molecule has 0 spiro atoms. The van der Waals surface area contributed by atoms with Crippen molar-refractivity contribution in [1.82, 2.24) is 0 Å². The fourth-order valence-electron chi connectivity index (χ4n) is 4.27. The van der Waals surface area contributed by atoms with Crippen LogP contribution in [0.15, 0.2) is 11.8 Å². The Balaban J connectivity index is 2.72. The maximum atomic E-state index is 10.0. The highest BCUT2D eigenvalue weighted by Crippen LogP contribution is 2.65. The molecule has 3 aliphatic carbocycles. The van der Waals surface area contributed by atoms with Gasteiger partial charge in [-0.1, -0.05) is 34.6 Å². The molecule has 0 aromatic carbocycles. The van der Waals surface area contributed by atoms with E-state index in [1.54, 1.807) is 0 Å². The molecule has 0 aliphatic heterocycles. The summed E-state index contributed by atoms with van der Waals surface area (Å²) in [4.78, 5) is 0. The second-order valence-corrected chi connectivity index (χ2v) is 14.4. The van der Waals surface area contributed by atoms with Gasteiger partial charge in [0.05, 0.1) is 30.0 Å². The highest BCUT2D eigenvalue weighted by molar-refractivity contribution is 6.74. The third-order valence-corrected chi connectivity index (χ3v) is 11.4. The van der Waals surface area contributed by atoms with Crippen molar-refractivity contribution < 1.29 is 4.43 Å². The maximum absolute atomic E-state index is 10.0. The first-order chi connectivity index (χ1) is 12.4. The summed E-state index contributed by atoms with van der Waals surface area (Å²) in [6.45, 7) is 14.8. The van der Waals surface area contributed by atoms with Gasteiger partial charge in [0.25, 0.3) is 0 Å². The molecular formula is C21H28N4OSi. The van der Waals surface area contributed by atoms with Gasteiger partial charge in [0.15, 0.2) is 10.8 Å². The van der Waals surface area contributed by atoms with Gasteiger partial charge in [-0.15, -0.1) is 0 Å². The first-order valence-electron chi connectivity index (χ1n) is 9.43. The Morgan fingerprint density at radius 1 is 1.04 bits per heavy atom. The first-order valence-corrected chi connectivity index (χ1v) is 12.3. The normalized spacial score (nSPS) is 28.3. The molecule has 0 amide bonds. The third kappa shape index (κ3) is 2.67. The van der Waals surface area contributed by atoms with E-state index >= 15 is 0 Å². The van der Waals surface area contributed by atoms with Gasteiger partial charge in [-0.05, 0) is 42.5 Å². The summed E-state index contributed by atoms with van der Waals surface area (Å²) in [6.07, 6.45) is 2.49. The minimum atomic E-state index is -2.19. The van der Waals surface area contributed by atoms with Crippen LogP contribution in [0.3, 0.4) is 0 Å². The number of allylic oxidation sites excluding steroid dienone is 2. The summed E-state index contributed by atoms with van der Waals surface area (Å²) in [7, 11) is -2.19. The fraction of sp³-hybridized carbons (Fsp3) is 0.714. The zero-order valence-corrected chi connectivity index (χ0v) is 18.3. The molecule has 0 radical (unpaired) electrons. The summed E-state index contributed by atoms with van der Waals surface area (Å²) < 4.78 is 6.53. The fourth-order valence-corrected chi connectivity index (χ4v) is 5.38. The molecule has 0 aromatic heterocycles. The minimum absolute atomic E-state index is 0.0362. The van der Waals surface area contributed by atoms with Crippen molar-refractivity contribution in [2.24, 2.45) is 34.5 Å². The Bertz CT molecular complexity index is 795. The molecule has 3 rings (SSSR count). The second kappa shape index (κ2) is 6.40. The lowest BCUT2D eigenvalue weighted by Crippen LogP contribution is -2.60. The molecule has 0 heterocycles. The van der Waals surface area contributed by atoms with E-state index in [0.717, 1.165) is 0 Å². The number of rotatable bonds is 3. The van der Waals surface area contributed by atoms with Crippen molar-refractivity contribution in [3.05, 3.63) is 11.8 Å². The summed E-state index contributed by atoms with van der Waals surface area (Å²) in [5.74, 6) is -0.0990. The van der Waals surface area contributed by atoms with E-state index in [2.05, 4.69) is 72.0 Å². The van der Waals surface area contributed by atoms with Crippen molar-refractivity contribution >= 4 is 8.32 Å². The molecule has 0 unspecified atom stereocenters. The van der Waals surface area contributed by atoms with Crippen molar-refractivity contribution in [1.29, 1.82) is 21.0 Å². The minimum Gasteiger partial charge on any atom is -0.546 e. The van der Waals surface area contributed by atoms with E-state index in [9.17, 15) is 21.0 Å². The standard InChI is InChI=1S/C21H28N4OSi/c1-14(2)15-8-17-18(26-27(6,7)19(3,4)5)9-16(15)20(10-22,11-23)21(17,12-24)13-25/h9,14-17H,8H2,1-7H3/t15-,16-,17-/m1/s1. The molecule has 5 nitrogen and oxygen atoms in total. The van der Waals surface area contributed by atoms with E-state index in [4.69, 9.17) is 4.43 Å². The molecule has 0 N–H and O–H groups in total. The lowest BCUT2D eigenvalue weighted by molar-refractivity contribution is -0.0106. The Hall–Kier alpha value is -2.28. The van der Waals surface area contributed by atoms with Gasteiger partial charge in [0.1, 0.15) is 0 Å². The van der Waals surface area contributed by atoms with Crippen LogP contribution in [0.2, 0.25) is 18.1 Å². The van der Waals surface area contributed by atoms with Gasteiger partial charge in [0, 0.05) is 11.8 Å². The van der Waals surface area contributed by atoms with Crippen LogP contribution >= 0.6 is 0 Å². The van der Waals surface area contributed by atoms with Gasteiger partial charge in [-0.25, -0.2) is 0 Å². The van der Waals surface area contributed by atoms with Crippen molar-refractivity contribution in [3.8, 4) is 24.3 Å². The highest BCUT2D eigenvalue weighted by Gasteiger charge is 2.71. The molecule has 1 fully saturated rings. The molecule has 27 heavy (non-hydrogen) atoms. The summed E-state index contributed by atoms with van der Waals surface area (Å²) in [5.41, 5.74) is -3.38. The van der Waals surface area contributed by atoms with Crippen LogP contribution < -0.4 is 0 Å². The van der Waals surface area contributed by atoms with E-state index in [1.807, 2.05) is 6.08 Å². The predicted octanol–water partition coefficient (Wildman–Crippen LogP) is 4.88. The average Bonchev–Trinajstić information content (AvgIpc) is 2.59. The Kier molecular flexibility index (Phi) is 4.99. The van der Waals surface area contributed by atoms with Crippen LogP contribution in [0.25, 0.3) is 0 Å². The maximum Gasteiger partial charge on any atom is 0.250 e. The van der Waals surface area contributed by atoms with E-state index in [-0.39, 0.29) is 16.9 Å². The monoisotopic (exact) mass is 380 g/mol. The lowest BCUT2D eigenvalue weighted by atomic mass is 9.42. The zero-order chi connectivity index (χ0) is 20.8. The van der Waals surface area contributed by atoms with Gasteiger partial charge in [0.2, 0.25) is 8.32 Å². The molecule has 6 heteroatoms. The Morgan fingerprint density at radius 3 is 1.89 bits per heavy atom. The number of hydrogen-bond donors (Lipinski definition) is 0. The lowest BCUT2D eigenvalue weighted by Gasteiger charge is -2.56. The van der Waals surface area contributed by atoms with Crippen LogP contribution in [-0.2, 0) is 4.43 Å². The van der Waals surface area contributed by atoms with E-state index < -0.39 is 31.0 Å². The molecule has 0 aromatic rings. The number of fused-ring (bicyclic) bond motifs is 2. The zero-order valence-electron chi connectivity index (χ0n) is 17.3. The van der Waals surface area contributed by atoms with Gasteiger partial charge in [-0.2, -0.15) is 21.0 Å². The van der Waals surface area contributed by atoms with Gasteiger partial charge < -0.3 is 4.43 Å². The largest absolute Gasteiger partial charge is 0.546 e. The topological polar surface area (TPSA) is 104 Å². The van der Waals surface area contributed by atoms with Crippen LogP contribution in [0.5, 0.6) is 0 Å². The van der Waals surface area contributed by atoms with Gasteiger partial charge >= 0.3 is 0 Å². The Labute approximate surface area is 164 Å². The molecule has 3 atom stereocenters. The molecule has 1 saturated carbocycles. The van der Waals surface area contributed by atoms with Crippen LogP contribution in [0, 0.1) is 79.8 Å². The quantitative estimate of drug-likeness (QED) is 0.649. The van der Waals surface area contributed by atoms with Crippen molar-refractivity contribution in [2.45, 2.75) is 59.2 Å². The summed E-state index contributed by atoms with van der Waals surface area (Å²) in [6, 6.07) is 8.38. The molecule has 142 valence electrons. The molecule has 0 saturated heterocycles. The van der Waals surface area contributed by atoms with Crippen molar-refractivity contribution in [3.63, 3.8) is 0 Å². The summed E-state index contributed by atoms with van der Waals surface area (Å²) in [5, 5.41) is 39.9. The van der Waals surface area contributed by atoms with Crippen LogP contribution in [0.1, 0.15) is 41.0 Å². The predicted molar refractivity (Wildman–Crippen MR) is 104 cm³/mol. The van der Waals surface area contributed by atoms with Crippen molar-refractivity contribution in [2.75, 3.05) is 0 Å². The van der Waals surface area contributed by atoms with E-state index in [1.165, 1.54) is 0 Å². The SMILES string of the molecule is CC(C)[C@H]1C[C@@H]2C(O[Si](C)(C)C(C)(C)C)=C[C@H]1C(C#N)(C#N)C2(C#N)C#N. The number of hydrogen-bond acceptors (Lipinski definition) is 5. The smallest absolute Gasteiger partial charge is 0.250 e. The van der Waals surface area contributed by atoms with Crippen LogP contribution in [0.4, 0.5) is 0 Å². The van der Waals surface area contributed by atoms with E-state index in [0.29, 0.717) is 12.2 Å². The highest BCUT2D eigenvalue weighted by atomic mass is 28.4. The molecule has 3 aliphatic rings. The molecule has 2 bridgehead atoms. The third-order valence-electron chi connectivity index (χ3n) is 7.04. The van der Waals surface area contributed by atoms with Gasteiger partial charge in [-0.3, -0.25) is 0 Å². The number of nitriles is 4.